The molecule has 0 spiro atoms. The third kappa shape index (κ3) is 5.35. The van der Waals surface area contributed by atoms with Gasteiger partial charge in [0.15, 0.2) is 11.5 Å². The van der Waals surface area contributed by atoms with E-state index in [0.717, 1.165) is 31.4 Å². The molecule has 2 atom stereocenters. The smallest absolute Gasteiger partial charge is 0.251 e. The SMILES string of the molecule is COc1ccc(CCN(CC(C)C)C(=O)[C@@H]2CC[C@H](CN)O2)cc1OC. The molecule has 6 heteroatoms. The monoisotopic (exact) mass is 364 g/mol. The number of hydrogen-bond donors (Lipinski definition) is 1. The van der Waals surface area contributed by atoms with Crippen LogP contribution in [0.5, 0.6) is 11.5 Å². The number of benzene rings is 1. The first-order chi connectivity index (χ1) is 12.5. The fraction of sp³-hybridized carbons (Fsp3) is 0.650. The summed E-state index contributed by atoms with van der Waals surface area (Å²) in [6, 6.07) is 5.87. The molecule has 6 nitrogen and oxygen atoms in total. The van der Waals surface area contributed by atoms with E-state index < -0.39 is 0 Å². The summed E-state index contributed by atoms with van der Waals surface area (Å²) < 4.78 is 16.4. The van der Waals surface area contributed by atoms with Crippen molar-refractivity contribution in [3.63, 3.8) is 0 Å². The molecule has 2 N–H and O–H groups in total. The Kier molecular flexibility index (Phi) is 7.72. The zero-order valence-electron chi connectivity index (χ0n) is 16.4. The van der Waals surface area contributed by atoms with Gasteiger partial charge in [0.2, 0.25) is 0 Å². The number of hydrogen-bond acceptors (Lipinski definition) is 5. The van der Waals surface area contributed by atoms with E-state index in [-0.39, 0.29) is 18.1 Å². The topological polar surface area (TPSA) is 74.0 Å². The molecule has 0 saturated carbocycles. The zero-order valence-corrected chi connectivity index (χ0v) is 16.4. The lowest BCUT2D eigenvalue weighted by Crippen LogP contribution is -2.42. The summed E-state index contributed by atoms with van der Waals surface area (Å²) in [6.07, 6.45) is 2.03. The van der Waals surface area contributed by atoms with Crippen molar-refractivity contribution < 1.29 is 19.0 Å². The molecule has 0 unspecified atom stereocenters. The first-order valence-electron chi connectivity index (χ1n) is 9.33. The Morgan fingerprint density at radius 3 is 2.58 bits per heavy atom. The van der Waals surface area contributed by atoms with Crippen molar-refractivity contribution in [3.8, 4) is 11.5 Å². The number of rotatable bonds is 9. The number of methoxy groups -OCH3 is 2. The average molecular weight is 364 g/mol. The molecule has 0 aromatic heterocycles. The molecule has 1 amide bonds. The average Bonchev–Trinajstić information content (AvgIpc) is 3.13. The maximum atomic E-state index is 12.9. The molecule has 1 heterocycles. The van der Waals surface area contributed by atoms with Crippen LogP contribution >= 0.6 is 0 Å². The predicted octanol–water partition coefficient (Wildman–Crippen LogP) is 2.24. The minimum Gasteiger partial charge on any atom is -0.493 e. The molecule has 1 saturated heterocycles. The molecular weight excluding hydrogens is 332 g/mol. The van der Waals surface area contributed by atoms with Gasteiger partial charge in [-0.05, 0) is 42.9 Å². The highest BCUT2D eigenvalue weighted by molar-refractivity contribution is 5.81. The molecule has 1 fully saturated rings. The van der Waals surface area contributed by atoms with Gasteiger partial charge >= 0.3 is 0 Å². The van der Waals surface area contributed by atoms with E-state index in [1.165, 1.54) is 0 Å². The van der Waals surface area contributed by atoms with E-state index >= 15 is 0 Å². The van der Waals surface area contributed by atoms with E-state index in [4.69, 9.17) is 19.9 Å². The van der Waals surface area contributed by atoms with Crippen LogP contribution in [-0.4, -0.2) is 56.9 Å². The van der Waals surface area contributed by atoms with Crippen molar-refractivity contribution >= 4 is 5.91 Å². The van der Waals surface area contributed by atoms with Crippen LogP contribution < -0.4 is 15.2 Å². The largest absolute Gasteiger partial charge is 0.493 e. The predicted molar refractivity (Wildman–Crippen MR) is 102 cm³/mol. The van der Waals surface area contributed by atoms with Crippen molar-refractivity contribution in [2.24, 2.45) is 11.7 Å². The Labute approximate surface area is 156 Å². The Hall–Kier alpha value is -1.79. The highest BCUT2D eigenvalue weighted by Crippen LogP contribution is 2.28. The van der Waals surface area contributed by atoms with Gasteiger partial charge in [-0.1, -0.05) is 19.9 Å². The van der Waals surface area contributed by atoms with E-state index in [1.54, 1.807) is 14.2 Å². The second-order valence-corrected chi connectivity index (χ2v) is 7.18. The van der Waals surface area contributed by atoms with Gasteiger partial charge in [-0.3, -0.25) is 4.79 Å². The summed E-state index contributed by atoms with van der Waals surface area (Å²) in [5.74, 6) is 1.89. The van der Waals surface area contributed by atoms with Crippen molar-refractivity contribution in [2.45, 2.75) is 45.3 Å². The van der Waals surface area contributed by atoms with Crippen molar-refractivity contribution in [1.82, 2.24) is 4.90 Å². The molecule has 2 rings (SSSR count). The molecule has 0 radical (unpaired) electrons. The molecule has 0 aliphatic carbocycles. The normalized spacial score (nSPS) is 19.6. The second-order valence-electron chi connectivity index (χ2n) is 7.18. The maximum Gasteiger partial charge on any atom is 0.251 e. The molecular formula is C20H32N2O4. The number of amides is 1. The molecule has 1 aliphatic rings. The summed E-state index contributed by atoms with van der Waals surface area (Å²) in [4.78, 5) is 14.8. The summed E-state index contributed by atoms with van der Waals surface area (Å²) in [7, 11) is 3.25. The minimum atomic E-state index is -0.354. The number of carbonyl (C=O) groups excluding carboxylic acids is 1. The van der Waals surface area contributed by atoms with Crippen LogP contribution in [0.1, 0.15) is 32.3 Å². The van der Waals surface area contributed by atoms with Crippen LogP contribution in [-0.2, 0) is 16.0 Å². The van der Waals surface area contributed by atoms with Crippen molar-refractivity contribution in [1.29, 1.82) is 0 Å². The zero-order chi connectivity index (χ0) is 19.1. The molecule has 0 bridgehead atoms. The summed E-state index contributed by atoms with van der Waals surface area (Å²) >= 11 is 0. The van der Waals surface area contributed by atoms with Crippen LogP contribution in [0.2, 0.25) is 0 Å². The van der Waals surface area contributed by atoms with Gasteiger partial charge in [0.05, 0.1) is 20.3 Å². The first-order valence-corrected chi connectivity index (χ1v) is 9.33. The molecule has 146 valence electrons. The van der Waals surface area contributed by atoms with Gasteiger partial charge in [0.1, 0.15) is 6.10 Å². The summed E-state index contributed by atoms with van der Waals surface area (Å²) in [5, 5.41) is 0. The lowest BCUT2D eigenvalue weighted by molar-refractivity contribution is -0.143. The lowest BCUT2D eigenvalue weighted by Gasteiger charge is -2.27. The van der Waals surface area contributed by atoms with Crippen LogP contribution in [0.4, 0.5) is 0 Å². The standard InChI is InChI=1S/C20H32N2O4/c1-14(2)13-22(20(23)18-8-6-16(12-21)26-18)10-9-15-5-7-17(24-3)19(11-15)25-4/h5,7,11,14,16,18H,6,8-10,12-13,21H2,1-4H3/t16-,18+/m1/s1. The number of carbonyl (C=O) groups is 1. The third-order valence-corrected chi connectivity index (χ3v) is 4.66. The molecule has 26 heavy (non-hydrogen) atoms. The van der Waals surface area contributed by atoms with Gasteiger partial charge < -0.3 is 24.8 Å². The van der Waals surface area contributed by atoms with Crippen molar-refractivity contribution in [3.05, 3.63) is 23.8 Å². The number of nitrogens with zero attached hydrogens (tertiary/aromatic N) is 1. The summed E-state index contributed by atoms with van der Waals surface area (Å²) in [5.41, 5.74) is 6.77. The Balaban J connectivity index is 2.02. The van der Waals surface area contributed by atoms with Gasteiger partial charge in [0.25, 0.3) is 5.91 Å². The van der Waals surface area contributed by atoms with Gasteiger partial charge in [-0.2, -0.15) is 0 Å². The molecule has 1 aromatic carbocycles. The van der Waals surface area contributed by atoms with Crippen molar-refractivity contribution in [2.75, 3.05) is 33.9 Å². The van der Waals surface area contributed by atoms with Crippen LogP contribution in [0, 0.1) is 5.92 Å². The van der Waals surface area contributed by atoms with Gasteiger partial charge in [0, 0.05) is 19.6 Å². The second kappa shape index (κ2) is 9.78. The fourth-order valence-corrected chi connectivity index (χ4v) is 3.30. The summed E-state index contributed by atoms with van der Waals surface area (Å²) in [6.45, 7) is 6.09. The number of nitrogens with two attached hydrogens (primary N) is 1. The Morgan fingerprint density at radius 2 is 2.00 bits per heavy atom. The van der Waals surface area contributed by atoms with Gasteiger partial charge in [-0.25, -0.2) is 0 Å². The third-order valence-electron chi connectivity index (χ3n) is 4.66. The first kappa shape index (κ1) is 20.5. The van der Waals surface area contributed by atoms with E-state index in [0.29, 0.717) is 30.5 Å². The van der Waals surface area contributed by atoms with Crippen LogP contribution in [0.25, 0.3) is 0 Å². The number of ether oxygens (including phenoxy) is 3. The van der Waals surface area contributed by atoms with E-state index in [1.807, 2.05) is 23.1 Å². The molecule has 1 aliphatic heterocycles. The highest BCUT2D eigenvalue weighted by atomic mass is 16.5. The fourth-order valence-electron chi connectivity index (χ4n) is 3.30. The minimum absolute atomic E-state index is 0.00991. The maximum absolute atomic E-state index is 12.9. The molecule has 1 aromatic rings. The Morgan fingerprint density at radius 1 is 1.27 bits per heavy atom. The van der Waals surface area contributed by atoms with Gasteiger partial charge in [-0.15, -0.1) is 0 Å². The quantitative estimate of drug-likeness (QED) is 0.727. The van der Waals surface area contributed by atoms with Crippen LogP contribution in [0.15, 0.2) is 18.2 Å². The van der Waals surface area contributed by atoms with E-state index in [2.05, 4.69) is 13.8 Å². The Bertz CT molecular complexity index is 591. The highest BCUT2D eigenvalue weighted by Gasteiger charge is 2.32. The van der Waals surface area contributed by atoms with E-state index in [9.17, 15) is 4.79 Å². The van der Waals surface area contributed by atoms with Crippen LogP contribution in [0.3, 0.4) is 0 Å². The lowest BCUT2D eigenvalue weighted by atomic mass is 10.1.